The molecular formula is C30H36F2N6O2. The third kappa shape index (κ3) is 3.62. The monoisotopic (exact) mass is 550 g/mol. The van der Waals surface area contributed by atoms with E-state index in [0.717, 1.165) is 63.4 Å². The van der Waals surface area contributed by atoms with Crippen molar-refractivity contribution in [3.63, 3.8) is 0 Å². The second-order valence-electron chi connectivity index (χ2n) is 12.2. The largest absolute Gasteiger partial charge is 0.374 e. The van der Waals surface area contributed by atoms with Gasteiger partial charge in [-0.15, -0.1) is 0 Å². The summed E-state index contributed by atoms with van der Waals surface area (Å²) in [5.41, 5.74) is 3.91. The highest BCUT2D eigenvalue weighted by Crippen LogP contribution is 2.55. The zero-order valence-corrected chi connectivity index (χ0v) is 22.9. The lowest BCUT2D eigenvalue weighted by molar-refractivity contribution is -0.260. The Morgan fingerprint density at radius 3 is 2.60 bits per heavy atom. The fourth-order valence-corrected chi connectivity index (χ4v) is 7.96. The molecule has 0 amide bonds. The van der Waals surface area contributed by atoms with E-state index in [1.54, 1.807) is 0 Å². The van der Waals surface area contributed by atoms with Gasteiger partial charge in [0.05, 0.1) is 24.6 Å². The third-order valence-corrected chi connectivity index (χ3v) is 10.1. The van der Waals surface area contributed by atoms with Crippen molar-refractivity contribution in [1.29, 1.82) is 0 Å². The number of aromatic nitrogens is 2. The van der Waals surface area contributed by atoms with Gasteiger partial charge in [-0.25, -0.2) is 13.8 Å². The second kappa shape index (κ2) is 9.17. The molecule has 212 valence electrons. The van der Waals surface area contributed by atoms with E-state index < -0.39 is 17.6 Å². The van der Waals surface area contributed by atoms with Crippen LogP contribution >= 0.6 is 0 Å². The first-order chi connectivity index (χ1) is 19.5. The molecule has 0 aromatic carbocycles. The molecule has 2 aromatic rings. The molecule has 8 nitrogen and oxygen atoms in total. The number of halogens is 2. The molecule has 2 spiro atoms. The minimum Gasteiger partial charge on any atom is -0.374 e. The molecular weight excluding hydrogens is 514 g/mol. The van der Waals surface area contributed by atoms with Crippen LogP contribution in [0.1, 0.15) is 53.8 Å². The van der Waals surface area contributed by atoms with E-state index in [-0.39, 0.29) is 5.69 Å². The molecule has 40 heavy (non-hydrogen) atoms. The standard InChI is InChI=1S/C30H36F2N6O2/c1-19-5-8-34-27-25(19)29(40-30(27)17-39-18-30)6-11-37(12-7-29)24-15-22-20(26(35-24)28(31)32)3-2-4-21-23(16-38(21)22)36-13-9-33-10-14-36/h2-3,5,8,15,21,23,28,33H,4,6-7,9-14,16-18H2,1H3. The van der Waals surface area contributed by atoms with Crippen LogP contribution in [0.2, 0.25) is 0 Å². The highest BCUT2D eigenvalue weighted by molar-refractivity contribution is 5.76. The van der Waals surface area contributed by atoms with Crippen LogP contribution in [-0.4, -0.2) is 86.0 Å². The highest BCUT2D eigenvalue weighted by atomic mass is 19.3. The van der Waals surface area contributed by atoms with Crippen LogP contribution in [0.25, 0.3) is 6.08 Å². The molecule has 2 aromatic heterocycles. The van der Waals surface area contributed by atoms with E-state index >= 15 is 0 Å². The quantitative estimate of drug-likeness (QED) is 0.625. The second-order valence-corrected chi connectivity index (χ2v) is 12.2. The summed E-state index contributed by atoms with van der Waals surface area (Å²) in [6, 6.07) is 4.88. The molecule has 8 heterocycles. The Morgan fingerprint density at radius 2 is 1.88 bits per heavy atom. The predicted molar refractivity (Wildman–Crippen MR) is 148 cm³/mol. The summed E-state index contributed by atoms with van der Waals surface area (Å²) in [7, 11) is 0. The van der Waals surface area contributed by atoms with E-state index in [9.17, 15) is 8.78 Å². The van der Waals surface area contributed by atoms with Gasteiger partial charge in [0.15, 0.2) is 5.60 Å². The Balaban J connectivity index is 1.08. The van der Waals surface area contributed by atoms with Gasteiger partial charge in [-0.2, -0.15) is 0 Å². The Kier molecular flexibility index (Phi) is 5.75. The highest BCUT2D eigenvalue weighted by Gasteiger charge is 2.59. The van der Waals surface area contributed by atoms with Crippen molar-refractivity contribution in [1.82, 2.24) is 20.2 Å². The number of nitrogens with zero attached hydrogens (tertiary/aromatic N) is 5. The van der Waals surface area contributed by atoms with Gasteiger partial charge >= 0.3 is 0 Å². The number of piperazine rings is 1. The number of ether oxygens (including phenoxy) is 2. The Hall–Kier alpha value is -2.66. The zero-order chi connectivity index (χ0) is 27.1. The molecule has 0 aliphatic carbocycles. The smallest absolute Gasteiger partial charge is 0.281 e. The van der Waals surface area contributed by atoms with Crippen molar-refractivity contribution in [2.75, 3.05) is 68.8 Å². The van der Waals surface area contributed by atoms with Crippen molar-refractivity contribution in [3.8, 4) is 0 Å². The van der Waals surface area contributed by atoms with Gasteiger partial charge in [0.2, 0.25) is 0 Å². The number of hydrogen-bond acceptors (Lipinski definition) is 8. The van der Waals surface area contributed by atoms with Crippen LogP contribution in [0.5, 0.6) is 0 Å². The van der Waals surface area contributed by atoms with Gasteiger partial charge < -0.3 is 24.6 Å². The summed E-state index contributed by atoms with van der Waals surface area (Å²) in [4.78, 5) is 16.4. The fraction of sp³-hybridized carbons (Fsp3) is 0.600. The van der Waals surface area contributed by atoms with E-state index in [0.29, 0.717) is 49.8 Å². The molecule has 6 aliphatic rings. The number of pyridine rings is 2. The van der Waals surface area contributed by atoms with E-state index in [4.69, 9.17) is 14.5 Å². The summed E-state index contributed by atoms with van der Waals surface area (Å²) < 4.78 is 41.3. The average molecular weight is 551 g/mol. The van der Waals surface area contributed by atoms with E-state index in [1.165, 1.54) is 11.1 Å². The first-order valence-electron chi connectivity index (χ1n) is 14.7. The molecule has 2 atom stereocenters. The number of fused-ring (bicyclic) bond motifs is 6. The Morgan fingerprint density at radius 1 is 1.07 bits per heavy atom. The normalized spacial score (nSPS) is 28.2. The van der Waals surface area contributed by atoms with Crippen molar-refractivity contribution in [2.24, 2.45) is 0 Å². The van der Waals surface area contributed by atoms with Crippen molar-refractivity contribution in [2.45, 2.75) is 55.9 Å². The molecule has 6 aliphatic heterocycles. The number of alkyl halides is 2. The molecule has 0 saturated carbocycles. The third-order valence-electron chi connectivity index (χ3n) is 10.1. The molecule has 0 radical (unpaired) electrons. The Bertz CT molecular complexity index is 1350. The summed E-state index contributed by atoms with van der Waals surface area (Å²) in [6.45, 7) is 9.53. The lowest BCUT2D eigenvalue weighted by Gasteiger charge is -2.54. The number of nitrogens with one attached hydrogen (secondary N) is 1. The van der Waals surface area contributed by atoms with Crippen LogP contribution in [0.4, 0.5) is 20.3 Å². The lowest BCUT2D eigenvalue weighted by Crippen LogP contribution is -2.69. The van der Waals surface area contributed by atoms with Gasteiger partial charge in [0, 0.05) is 81.3 Å². The number of piperidine rings is 1. The summed E-state index contributed by atoms with van der Waals surface area (Å²) >= 11 is 0. The van der Waals surface area contributed by atoms with Gasteiger partial charge in [-0.05, 0) is 37.8 Å². The van der Waals surface area contributed by atoms with Gasteiger partial charge in [0.25, 0.3) is 6.43 Å². The molecule has 2 unspecified atom stereocenters. The predicted octanol–water partition coefficient (Wildman–Crippen LogP) is 3.35. The molecule has 8 rings (SSSR count). The maximum atomic E-state index is 14.4. The number of rotatable bonds is 3. The van der Waals surface area contributed by atoms with Crippen molar-refractivity contribution < 1.29 is 18.3 Å². The number of anilines is 2. The minimum atomic E-state index is -2.63. The van der Waals surface area contributed by atoms with Crippen LogP contribution in [-0.2, 0) is 20.7 Å². The van der Waals surface area contributed by atoms with Crippen LogP contribution in [0.15, 0.2) is 24.4 Å². The summed E-state index contributed by atoms with van der Waals surface area (Å²) in [5, 5.41) is 3.43. The SMILES string of the molecule is Cc1ccnc2c1C1(CCN(c3cc4c(c(C(F)F)n3)C=CCC3C(N5CCNCC5)CN43)CC1)OC21COC1. The Labute approximate surface area is 233 Å². The zero-order valence-electron chi connectivity index (χ0n) is 22.9. The first-order valence-corrected chi connectivity index (χ1v) is 14.7. The maximum Gasteiger partial charge on any atom is 0.281 e. The number of hydrogen-bond donors (Lipinski definition) is 1. The molecule has 0 bridgehead atoms. The fourth-order valence-electron chi connectivity index (χ4n) is 7.96. The molecule has 1 N–H and O–H groups in total. The maximum absolute atomic E-state index is 14.4. The minimum absolute atomic E-state index is 0.108. The van der Waals surface area contributed by atoms with E-state index in [1.807, 2.05) is 12.3 Å². The van der Waals surface area contributed by atoms with Crippen molar-refractivity contribution >= 4 is 17.6 Å². The van der Waals surface area contributed by atoms with Crippen LogP contribution in [0, 0.1) is 6.92 Å². The molecule has 4 fully saturated rings. The number of aryl methyl sites for hydroxylation is 1. The van der Waals surface area contributed by atoms with Crippen molar-refractivity contribution in [3.05, 3.63) is 52.5 Å². The summed E-state index contributed by atoms with van der Waals surface area (Å²) in [5.74, 6) is 0.645. The van der Waals surface area contributed by atoms with Gasteiger partial charge in [-0.1, -0.05) is 12.2 Å². The lowest BCUT2D eigenvalue weighted by atomic mass is 9.81. The molecule has 4 saturated heterocycles. The van der Waals surface area contributed by atoms with Gasteiger partial charge in [-0.3, -0.25) is 9.88 Å². The van der Waals surface area contributed by atoms with Gasteiger partial charge in [0.1, 0.15) is 17.1 Å². The first kappa shape index (κ1) is 25.1. The molecule has 10 heteroatoms. The summed E-state index contributed by atoms with van der Waals surface area (Å²) in [6.07, 6.45) is 5.56. The van der Waals surface area contributed by atoms with Crippen LogP contribution < -0.4 is 15.1 Å². The van der Waals surface area contributed by atoms with Crippen LogP contribution in [0.3, 0.4) is 0 Å². The average Bonchev–Trinajstić information content (AvgIpc) is 3.15. The topological polar surface area (TPSA) is 66.0 Å². The van der Waals surface area contributed by atoms with E-state index in [2.05, 4.69) is 50.1 Å².